The molecule has 3 heterocycles. The summed E-state index contributed by atoms with van der Waals surface area (Å²) in [7, 11) is 0. The molecule has 8 nitrogen and oxygen atoms in total. The number of carbonyl (C=O) groups is 2. The molecule has 0 unspecified atom stereocenters. The number of benzene rings is 2. The lowest BCUT2D eigenvalue weighted by molar-refractivity contribution is -0.140. The van der Waals surface area contributed by atoms with Gasteiger partial charge in [-0.3, -0.25) is 14.5 Å². The van der Waals surface area contributed by atoms with Crippen LogP contribution in [0.3, 0.4) is 0 Å². The van der Waals surface area contributed by atoms with E-state index in [2.05, 4.69) is 21.0 Å². The molecule has 0 aliphatic carbocycles. The van der Waals surface area contributed by atoms with Crippen molar-refractivity contribution >= 4 is 28.6 Å². The van der Waals surface area contributed by atoms with Crippen LogP contribution in [-0.4, -0.2) is 65.5 Å². The third-order valence-electron chi connectivity index (χ3n) is 7.54. The molecular weight excluding hydrogens is 454 g/mol. The molecule has 190 valence electrons. The molecular formula is C28H35N5O3. The number of para-hydroxylation sites is 1. The molecule has 2 amide bonds. The molecule has 2 aromatic carbocycles. The number of fused-ring (bicyclic) bond motifs is 2. The first kappa shape index (κ1) is 24.3. The maximum absolute atomic E-state index is 12.9. The van der Waals surface area contributed by atoms with Gasteiger partial charge in [-0.05, 0) is 42.6 Å². The van der Waals surface area contributed by atoms with Gasteiger partial charge in [0.15, 0.2) is 11.4 Å². The second-order valence-electron chi connectivity index (χ2n) is 9.91. The molecule has 0 saturated carbocycles. The van der Waals surface area contributed by atoms with Crippen molar-refractivity contribution in [2.45, 2.75) is 51.1 Å². The number of hydrogen-bond acceptors (Lipinski definition) is 6. The highest BCUT2D eigenvalue weighted by Crippen LogP contribution is 2.27. The largest absolute Gasteiger partial charge is 0.368 e. The Hall–Kier alpha value is -3.39. The van der Waals surface area contributed by atoms with Crippen LogP contribution in [0.4, 0.5) is 5.82 Å². The quantitative estimate of drug-likeness (QED) is 0.463. The predicted molar refractivity (Wildman–Crippen MR) is 139 cm³/mol. The number of anilines is 1. The van der Waals surface area contributed by atoms with Crippen molar-refractivity contribution in [3.8, 4) is 0 Å². The van der Waals surface area contributed by atoms with Crippen molar-refractivity contribution in [3.63, 3.8) is 0 Å². The van der Waals surface area contributed by atoms with E-state index < -0.39 is 11.9 Å². The second-order valence-corrected chi connectivity index (χ2v) is 9.91. The highest BCUT2D eigenvalue weighted by Gasteiger charge is 2.32. The minimum absolute atomic E-state index is 0.0322. The third-order valence-corrected chi connectivity index (χ3v) is 7.54. The minimum atomic E-state index is -0.540. The van der Waals surface area contributed by atoms with Gasteiger partial charge >= 0.3 is 0 Å². The molecule has 3 aromatic rings. The van der Waals surface area contributed by atoms with Gasteiger partial charge in [-0.2, -0.15) is 0 Å². The number of aromatic nitrogens is 1. The standard InChI is InChI=1S/C28H35N5O3/c29-27(35)24-19-21-9-4-5-10-22(21)20-33(24)26(34)13-3-1-2-8-14-31-15-17-32(18-16-31)28-23-11-6-7-12-25(23)36-30-28/h4-7,9-12,24H,1-3,8,13-20H2,(H2,29,35)/t24-/m0/s1. The molecule has 0 spiro atoms. The van der Waals surface area contributed by atoms with Gasteiger partial charge in [0, 0.05) is 45.6 Å². The second kappa shape index (κ2) is 11.1. The van der Waals surface area contributed by atoms with E-state index in [1.54, 1.807) is 4.90 Å². The topological polar surface area (TPSA) is 95.9 Å². The Kier molecular flexibility index (Phi) is 7.51. The molecule has 1 aromatic heterocycles. The average molecular weight is 490 g/mol. The number of primary amides is 1. The molecule has 2 aliphatic heterocycles. The summed E-state index contributed by atoms with van der Waals surface area (Å²) in [5.41, 5.74) is 8.69. The number of amides is 2. The van der Waals surface area contributed by atoms with Crippen LogP contribution in [0.15, 0.2) is 53.1 Å². The van der Waals surface area contributed by atoms with Crippen molar-refractivity contribution in [1.82, 2.24) is 15.0 Å². The summed E-state index contributed by atoms with van der Waals surface area (Å²) in [6.45, 7) is 5.48. The molecule has 0 bridgehead atoms. The number of nitrogens with two attached hydrogens (primary N) is 1. The van der Waals surface area contributed by atoms with E-state index in [0.29, 0.717) is 19.4 Å². The fourth-order valence-electron chi connectivity index (χ4n) is 5.43. The fourth-order valence-corrected chi connectivity index (χ4v) is 5.43. The molecule has 2 aliphatic rings. The maximum Gasteiger partial charge on any atom is 0.240 e. The number of piperazine rings is 1. The minimum Gasteiger partial charge on any atom is -0.368 e. The summed E-state index contributed by atoms with van der Waals surface area (Å²) >= 11 is 0. The molecule has 0 radical (unpaired) electrons. The molecule has 2 N–H and O–H groups in total. The van der Waals surface area contributed by atoms with E-state index in [1.165, 1.54) is 0 Å². The highest BCUT2D eigenvalue weighted by atomic mass is 16.5. The van der Waals surface area contributed by atoms with Crippen LogP contribution in [-0.2, 0) is 22.6 Å². The molecule has 1 saturated heterocycles. The van der Waals surface area contributed by atoms with Gasteiger partial charge in [-0.25, -0.2) is 0 Å². The van der Waals surface area contributed by atoms with Crippen molar-refractivity contribution in [2.24, 2.45) is 5.73 Å². The first-order valence-electron chi connectivity index (χ1n) is 13.1. The highest BCUT2D eigenvalue weighted by molar-refractivity contribution is 5.88. The fraction of sp³-hybridized carbons (Fsp3) is 0.464. The normalized spacial score (nSPS) is 18.4. The Morgan fingerprint density at radius 3 is 2.44 bits per heavy atom. The van der Waals surface area contributed by atoms with E-state index in [9.17, 15) is 9.59 Å². The van der Waals surface area contributed by atoms with Crippen LogP contribution in [0.25, 0.3) is 11.0 Å². The molecule has 1 fully saturated rings. The van der Waals surface area contributed by atoms with Gasteiger partial charge in [0.25, 0.3) is 0 Å². The lowest BCUT2D eigenvalue weighted by Crippen LogP contribution is -2.51. The van der Waals surface area contributed by atoms with Gasteiger partial charge in [0.05, 0.1) is 5.39 Å². The number of carbonyl (C=O) groups excluding carboxylic acids is 2. The summed E-state index contributed by atoms with van der Waals surface area (Å²) in [4.78, 5) is 31.4. The number of nitrogens with zero attached hydrogens (tertiary/aromatic N) is 4. The zero-order valence-corrected chi connectivity index (χ0v) is 20.8. The number of rotatable bonds is 9. The number of hydrogen-bond donors (Lipinski definition) is 1. The van der Waals surface area contributed by atoms with E-state index in [1.807, 2.05) is 42.5 Å². The van der Waals surface area contributed by atoms with Gasteiger partial charge in [-0.15, -0.1) is 0 Å². The van der Waals surface area contributed by atoms with Crippen LogP contribution >= 0.6 is 0 Å². The van der Waals surface area contributed by atoms with E-state index >= 15 is 0 Å². The zero-order valence-electron chi connectivity index (χ0n) is 20.8. The first-order chi connectivity index (χ1) is 17.6. The van der Waals surface area contributed by atoms with Crippen molar-refractivity contribution in [3.05, 3.63) is 59.7 Å². The van der Waals surface area contributed by atoms with Crippen molar-refractivity contribution < 1.29 is 14.1 Å². The molecule has 8 heteroatoms. The summed E-state index contributed by atoms with van der Waals surface area (Å²) in [5.74, 6) is 0.560. The lowest BCUT2D eigenvalue weighted by Gasteiger charge is -2.35. The van der Waals surface area contributed by atoms with Crippen LogP contribution < -0.4 is 10.6 Å². The van der Waals surface area contributed by atoms with Gasteiger partial charge in [0.2, 0.25) is 11.8 Å². The SMILES string of the molecule is NC(=O)[C@@H]1Cc2ccccc2CN1C(=O)CCCCCCN1CCN(c2noc3ccccc23)CC1. The van der Waals surface area contributed by atoms with Gasteiger partial charge in [-0.1, -0.05) is 54.4 Å². The Balaban J connectivity index is 1.00. The average Bonchev–Trinajstić information content (AvgIpc) is 3.34. The Morgan fingerprint density at radius 1 is 0.917 bits per heavy atom. The van der Waals surface area contributed by atoms with E-state index in [-0.39, 0.29) is 5.91 Å². The first-order valence-corrected chi connectivity index (χ1v) is 13.1. The molecule has 36 heavy (non-hydrogen) atoms. The van der Waals surface area contributed by atoms with E-state index in [4.69, 9.17) is 10.3 Å². The third kappa shape index (κ3) is 5.38. The summed E-state index contributed by atoms with van der Waals surface area (Å²) in [6, 6.07) is 15.5. The summed E-state index contributed by atoms with van der Waals surface area (Å²) in [5, 5.41) is 5.37. The number of unbranched alkanes of at least 4 members (excludes halogenated alkanes) is 3. The van der Waals surface area contributed by atoms with Crippen molar-refractivity contribution in [1.29, 1.82) is 0 Å². The predicted octanol–water partition coefficient (Wildman–Crippen LogP) is 3.34. The Bertz CT molecular complexity index is 1200. The lowest BCUT2D eigenvalue weighted by atomic mass is 9.93. The van der Waals surface area contributed by atoms with E-state index in [0.717, 1.165) is 86.3 Å². The van der Waals surface area contributed by atoms with Crippen LogP contribution in [0.1, 0.15) is 43.2 Å². The van der Waals surface area contributed by atoms with Crippen molar-refractivity contribution in [2.75, 3.05) is 37.6 Å². The Labute approximate surface area is 212 Å². The molecule has 1 atom stereocenters. The van der Waals surface area contributed by atoms with Gasteiger partial charge < -0.3 is 20.1 Å². The summed E-state index contributed by atoms with van der Waals surface area (Å²) in [6.07, 6.45) is 5.07. The maximum atomic E-state index is 12.9. The molecule has 5 rings (SSSR count). The monoisotopic (exact) mass is 489 g/mol. The van der Waals surface area contributed by atoms with Gasteiger partial charge in [0.1, 0.15) is 6.04 Å². The van der Waals surface area contributed by atoms with Crippen LogP contribution in [0.2, 0.25) is 0 Å². The van der Waals surface area contributed by atoms with Crippen LogP contribution in [0.5, 0.6) is 0 Å². The smallest absolute Gasteiger partial charge is 0.240 e. The Morgan fingerprint density at radius 2 is 1.64 bits per heavy atom. The zero-order chi connectivity index (χ0) is 24.9. The van der Waals surface area contributed by atoms with Crippen LogP contribution in [0, 0.1) is 0 Å². The summed E-state index contributed by atoms with van der Waals surface area (Å²) < 4.78 is 5.46.